The van der Waals surface area contributed by atoms with Crippen molar-refractivity contribution < 1.29 is 4.79 Å². The molecule has 1 amide bonds. The van der Waals surface area contributed by atoms with E-state index in [-0.39, 0.29) is 5.92 Å². The van der Waals surface area contributed by atoms with Crippen molar-refractivity contribution >= 4 is 5.91 Å². The molecule has 2 fully saturated rings. The zero-order valence-corrected chi connectivity index (χ0v) is 13.4. The van der Waals surface area contributed by atoms with Crippen molar-refractivity contribution in [3.05, 3.63) is 0 Å². The molecule has 0 aromatic carbocycles. The van der Waals surface area contributed by atoms with Crippen molar-refractivity contribution in [3.63, 3.8) is 0 Å². The lowest BCUT2D eigenvalue weighted by Crippen LogP contribution is -2.47. The summed E-state index contributed by atoms with van der Waals surface area (Å²) in [6, 6.07) is 0.748. The van der Waals surface area contributed by atoms with Crippen molar-refractivity contribution in [1.82, 2.24) is 9.80 Å². The Morgan fingerprint density at radius 2 is 1.55 bits per heavy atom. The maximum absolute atomic E-state index is 12.6. The molecule has 0 aliphatic carbocycles. The summed E-state index contributed by atoms with van der Waals surface area (Å²) < 4.78 is 0. The Hall–Kier alpha value is -0.570. The second-order valence-electron chi connectivity index (χ2n) is 6.57. The van der Waals surface area contributed by atoms with E-state index in [9.17, 15) is 4.79 Å². The summed E-state index contributed by atoms with van der Waals surface area (Å²) in [5.41, 5.74) is 0. The maximum atomic E-state index is 12.6. The van der Waals surface area contributed by atoms with Crippen LogP contribution in [0.5, 0.6) is 0 Å². The SMILES string of the molecule is CCCC(CCC)C(=O)N1CCC(N2CCCC2)CC1. The minimum absolute atomic E-state index is 0.285. The van der Waals surface area contributed by atoms with Crippen molar-refractivity contribution in [2.45, 2.75) is 71.3 Å². The molecule has 0 aromatic rings. The molecule has 3 nitrogen and oxygen atoms in total. The molecule has 2 saturated heterocycles. The van der Waals surface area contributed by atoms with Crippen LogP contribution in [0.1, 0.15) is 65.2 Å². The van der Waals surface area contributed by atoms with Gasteiger partial charge in [-0.3, -0.25) is 4.79 Å². The first kappa shape index (κ1) is 15.8. The number of carbonyl (C=O) groups is 1. The van der Waals surface area contributed by atoms with Crippen LogP contribution in [0.15, 0.2) is 0 Å². The lowest BCUT2D eigenvalue weighted by atomic mass is 9.94. The highest BCUT2D eigenvalue weighted by molar-refractivity contribution is 5.78. The Morgan fingerprint density at radius 3 is 2.05 bits per heavy atom. The lowest BCUT2D eigenvalue weighted by molar-refractivity contribution is -0.137. The molecule has 0 saturated carbocycles. The average Bonchev–Trinajstić information content (AvgIpc) is 3.01. The molecule has 0 radical (unpaired) electrons. The molecule has 0 N–H and O–H groups in total. The second kappa shape index (κ2) is 8.02. The first-order valence-electron chi connectivity index (χ1n) is 8.79. The summed E-state index contributed by atoms with van der Waals surface area (Å²) in [5, 5.41) is 0. The fraction of sp³-hybridized carbons (Fsp3) is 0.941. The van der Waals surface area contributed by atoms with Crippen LogP contribution >= 0.6 is 0 Å². The van der Waals surface area contributed by atoms with E-state index in [1.165, 1.54) is 38.8 Å². The number of hydrogen-bond acceptors (Lipinski definition) is 2. The number of rotatable bonds is 6. The second-order valence-corrected chi connectivity index (χ2v) is 6.57. The number of likely N-dealkylation sites (tertiary alicyclic amines) is 2. The highest BCUT2D eigenvalue weighted by Crippen LogP contribution is 2.24. The van der Waals surface area contributed by atoms with Crippen LogP contribution in [0.2, 0.25) is 0 Å². The standard InChI is InChI=1S/C17H32N2O/c1-3-7-15(8-4-2)17(20)19-13-9-16(10-14-19)18-11-5-6-12-18/h15-16H,3-14H2,1-2H3. The Kier molecular flexibility index (Phi) is 6.34. The van der Waals surface area contributed by atoms with Crippen LogP contribution in [0.25, 0.3) is 0 Å². The Bertz CT molecular complexity index is 285. The molecule has 2 heterocycles. The van der Waals surface area contributed by atoms with Gasteiger partial charge in [0.1, 0.15) is 0 Å². The van der Waals surface area contributed by atoms with E-state index in [0.29, 0.717) is 5.91 Å². The van der Waals surface area contributed by atoms with Crippen LogP contribution in [0.3, 0.4) is 0 Å². The minimum atomic E-state index is 0.285. The molecule has 3 heteroatoms. The van der Waals surface area contributed by atoms with Crippen LogP contribution in [-0.4, -0.2) is 47.9 Å². The summed E-state index contributed by atoms with van der Waals surface area (Å²) >= 11 is 0. The Labute approximate surface area is 124 Å². The third-order valence-electron chi connectivity index (χ3n) is 5.06. The smallest absolute Gasteiger partial charge is 0.225 e. The van der Waals surface area contributed by atoms with Gasteiger partial charge in [-0.05, 0) is 51.6 Å². The van der Waals surface area contributed by atoms with Gasteiger partial charge in [0.25, 0.3) is 0 Å². The van der Waals surface area contributed by atoms with Crippen LogP contribution in [0, 0.1) is 5.92 Å². The van der Waals surface area contributed by atoms with E-state index in [1.54, 1.807) is 0 Å². The highest BCUT2D eigenvalue weighted by atomic mass is 16.2. The van der Waals surface area contributed by atoms with Gasteiger partial charge in [-0.2, -0.15) is 0 Å². The number of nitrogens with zero attached hydrogens (tertiary/aromatic N) is 2. The van der Waals surface area contributed by atoms with Crippen LogP contribution in [-0.2, 0) is 4.79 Å². The summed E-state index contributed by atoms with van der Waals surface area (Å²) in [6.45, 7) is 8.93. The zero-order valence-electron chi connectivity index (χ0n) is 13.4. The highest BCUT2D eigenvalue weighted by Gasteiger charge is 2.30. The summed E-state index contributed by atoms with van der Waals surface area (Å²) in [4.78, 5) is 17.4. The summed E-state index contributed by atoms with van der Waals surface area (Å²) in [7, 11) is 0. The van der Waals surface area contributed by atoms with Gasteiger partial charge in [0, 0.05) is 25.0 Å². The number of hydrogen-bond donors (Lipinski definition) is 0. The fourth-order valence-electron chi connectivity index (χ4n) is 3.90. The summed E-state index contributed by atoms with van der Waals surface area (Å²) in [5.74, 6) is 0.724. The maximum Gasteiger partial charge on any atom is 0.225 e. The molecular formula is C17H32N2O. The summed E-state index contributed by atoms with van der Waals surface area (Å²) in [6.07, 6.45) is 9.51. The van der Waals surface area contributed by atoms with Crippen molar-refractivity contribution in [2.24, 2.45) is 5.92 Å². The van der Waals surface area contributed by atoms with Crippen molar-refractivity contribution in [1.29, 1.82) is 0 Å². The van der Waals surface area contributed by atoms with E-state index in [2.05, 4.69) is 23.6 Å². The van der Waals surface area contributed by atoms with Crippen molar-refractivity contribution in [2.75, 3.05) is 26.2 Å². The van der Waals surface area contributed by atoms with Gasteiger partial charge in [-0.25, -0.2) is 0 Å². The van der Waals surface area contributed by atoms with E-state index in [4.69, 9.17) is 0 Å². The monoisotopic (exact) mass is 280 g/mol. The van der Waals surface area contributed by atoms with Gasteiger partial charge >= 0.3 is 0 Å². The lowest BCUT2D eigenvalue weighted by Gasteiger charge is -2.38. The third kappa shape index (κ3) is 3.97. The number of carbonyl (C=O) groups excluding carboxylic acids is 1. The molecule has 0 aromatic heterocycles. The third-order valence-corrected chi connectivity index (χ3v) is 5.06. The molecule has 20 heavy (non-hydrogen) atoms. The van der Waals surface area contributed by atoms with Gasteiger partial charge < -0.3 is 9.80 Å². The predicted molar refractivity (Wildman–Crippen MR) is 83.7 cm³/mol. The molecule has 2 aliphatic heterocycles. The average molecular weight is 280 g/mol. The predicted octanol–water partition coefficient (Wildman–Crippen LogP) is 3.29. The van der Waals surface area contributed by atoms with E-state index in [0.717, 1.165) is 44.8 Å². The molecule has 2 rings (SSSR count). The van der Waals surface area contributed by atoms with E-state index in [1.807, 2.05) is 0 Å². The van der Waals surface area contributed by atoms with Gasteiger partial charge in [-0.15, -0.1) is 0 Å². The van der Waals surface area contributed by atoms with Crippen LogP contribution < -0.4 is 0 Å². The van der Waals surface area contributed by atoms with Gasteiger partial charge in [0.2, 0.25) is 5.91 Å². The molecule has 116 valence electrons. The van der Waals surface area contributed by atoms with Gasteiger partial charge in [0.15, 0.2) is 0 Å². The number of amides is 1. The molecule has 0 atom stereocenters. The largest absolute Gasteiger partial charge is 0.342 e. The molecule has 0 bridgehead atoms. The van der Waals surface area contributed by atoms with Gasteiger partial charge in [0.05, 0.1) is 0 Å². The molecule has 2 aliphatic rings. The van der Waals surface area contributed by atoms with E-state index < -0.39 is 0 Å². The van der Waals surface area contributed by atoms with E-state index >= 15 is 0 Å². The zero-order chi connectivity index (χ0) is 14.4. The normalized spacial score (nSPS) is 21.9. The van der Waals surface area contributed by atoms with Gasteiger partial charge in [-0.1, -0.05) is 26.7 Å². The minimum Gasteiger partial charge on any atom is -0.342 e. The van der Waals surface area contributed by atoms with Crippen LogP contribution in [0.4, 0.5) is 0 Å². The first-order valence-corrected chi connectivity index (χ1v) is 8.79. The Morgan fingerprint density at radius 1 is 1.00 bits per heavy atom. The molecular weight excluding hydrogens is 248 g/mol. The quantitative estimate of drug-likeness (QED) is 0.745. The van der Waals surface area contributed by atoms with Crippen molar-refractivity contribution in [3.8, 4) is 0 Å². The number of piperidine rings is 1. The molecule has 0 unspecified atom stereocenters. The molecule has 0 spiro atoms. The topological polar surface area (TPSA) is 23.6 Å². The first-order chi connectivity index (χ1) is 9.76. The fourth-order valence-corrected chi connectivity index (χ4v) is 3.90. The Balaban J connectivity index is 1.80.